The van der Waals surface area contributed by atoms with Crippen molar-refractivity contribution in [1.82, 2.24) is 0 Å². The second kappa shape index (κ2) is 7.15. The van der Waals surface area contributed by atoms with Gasteiger partial charge in [0.05, 0.1) is 16.8 Å². The van der Waals surface area contributed by atoms with Crippen molar-refractivity contribution in [3.05, 3.63) is 71.3 Å². The number of carbonyl (C=O) groups excluding carboxylic acids is 2. The predicted octanol–water partition coefficient (Wildman–Crippen LogP) is 4.60. The third kappa shape index (κ3) is 3.35. The zero-order chi connectivity index (χ0) is 20.6. The Hall–Kier alpha value is -2.93. The Morgan fingerprint density at radius 1 is 0.966 bits per heavy atom. The number of benzene rings is 2. The standard InChI is InChI=1S/C22H18F3NO3/c23-22(24,25)16-8-10-17(11-9-16)26-19(27)18(14-15-6-2-1-3-7-15)21(20(26)28)12-4-5-13-29-21/h1-3,6-11,14H,4-5,12-13H2/b18-14-. The van der Waals surface area contributed by atoms with Crippen LogP contribution in [0.1, 0.15) is 30.4 Å². The number of carbonyl (C=O) groups is 2. The third-order valence-electron chi connectivity index (χ3n) is 5.25. The molecule has 0 bridgehead atoms. The Morgan fingerprint density at radius 3 is 2.24 bits per heavy atom. The molecule has 4 rings (SSSR count). The van der Waals surface area contributed by atoms with Crippen LogP contribution in [0.25, 0.3) is 6.08 Å². The fraction of sp³-hybridized carbons (Fsp3) is 0.273. The van der Waals surface area contributed by atoms with Crippen LogP contribution in [0.4, 0.5) is 18.9 Å². The molecule has 2 aromatic rings. The summed E-state index contributed by atoms with van der Waals surface area (Å²) in [6.07, 6.45) is -1.01. The summed E-state index contributed by atoms with van der Waals surface area (Å²) in [6, 6.07) is 13.1. The average Bonchev–Trinajstić information content (AvgIpc) is 2.90. The molecule has 0 N–H and O–H groups in total. The first-order valence-electron chi connectivity index (χ1n) is 9.30. The number of halogens is 3. The van der Waals surface area contributed by atoms with Crippen LogP contribution in [0, 0.1) is 0 Å². The lowest BCUT2D eigenvalue weighted by atomic mass is 9.87. The maximum Gasteiger partial charge on any atom is 0.416 e. The molecular formula is C22H18F3NO3. The lowest BCUT2D eigenvalue weighted by Crippen LogP contribution is -2.45. The van der Waals surface area contributed by atoms with Crippen molar-refractivity contribution in [3.63, 3.8) is 0 Å². The van der Waals surface area contributed by atoms with Crippen molar-refractivity contribution in [1.29, 1.82) is 0 Å². The van der Waals surface area contributed by atoms with Crippen molar-refractivity contribution in [3.8, 4) is 0 Å². The van der Waals surface area contributed by atoms with Crippen molar-refractivity contribution < 1.29 is 27.5 Å². The molecule has 1 spiro atoms. The highest BCUT2D eigenvalue weighted by Crippen LogP contribution is 2.43. The van der Waals surface area contributed by atoms with E-state index in [-0.39, 0.29) is 11.3 Å². The van der Waals surface area contributed by atoms with Crippen molar-refractivity contribution in [2.75, 3.05) is 11.5 Å². The van der Waals surface area contributed by atoms with Gasteiger partial charge in [0.2, 0.25) is 0 Å². The monoisotopic (exact) mass is 401 g/mol. The molecule has 2 heterocycles. The number of amides is 2. The summed E-state index contributed by atoms with van der Waals surface area (Å²) in [6.45, 7) is 0.339. The van der Waals surface area contributed by atoms with Gasteiger partial charge in [-0.3, -0.25) is 9.59 Å². The maximum atomic E-state index is 13.3. The maximum absolute atomic E-state index is 13.3. The summed E-state index contributed by atoms with van der Waals surface area (Å²) in [5.74, 6) is -1.12. The first kappa shape index (κ1) is 19.4. The van der Waals surface area contributed by atoms with E-state index in [1.807, 2.05) is 30.3 Å². The summed E-state index contributed by atoms with van der Waals surface area (Å²) in [7, 11) is 0. The summed E-state index contributed by atoms with van der Waals surface area (Å²) in [5.41, 5.74) is -1.18. The molecule has 0 aliphatic carbocycles. The van der Waals surface area contributed by atoms with Crippen LogP contribution in [0.3, 0.4) is 0 Å². The lowest BCUT2D eigenvalue weighted by molar-refractivity contribution is -0.140. The van der Waals surface area contributed by atoms with E-state index in [1.165, 1.54) is 0 Å². The van der Waals surface area contributed by atoms with Crippen LogP contribution >= 0.6 is 0 Å². The quantitative estimate of drug-likeness (QED) is 0.546. The second-order valence-electron chi connectivity index (χ2n) is 7.09. The molecule has 2 fully saturated rings. The van der Waals surface area contributed by atoms with Gasteiger partial charge in [0.25, 0.3) is 11.8 Å². The van der Waals surface area contributed by atoms with Gasteiger partial charge in [-0.15, -0.1) is 0 Å². The molecule has 150 valence electrons. The van der Waals surface area contributed by atoms with Crippen LogP contribution < -0.4 is 4.90 Å². The Balaban J connectivity index is 1.78. The number of rotatable bonds is 2. The Morgan fingerprint density at radius 2 is 1.66 bits per heavy atom. The van der Waals surface area contributed by atoms with Gasteiger partial charge in [-0.2, -0.15) is 13.2 Å². The highest BCUT2D eigenvalue weighted by atomic mass is 19.4. The fourth-order valence-corrected chi connectivity index (χ4v) is 3.79. The summed E-state index contributed by atoms with van der Waals surface area (Å²) >= 11 is 0. The molecule has 1 atom stereocenters. The van der Waals surface area contributed by atoms with E-state index in [0.29, 0.717) is 19.4 Å². The molecule has 0 radical (unpaired) electrons. The first-order valence-corrected chi connectivity index (χ1v) is 9.30. The molecule has 1 unspecified atom stereocenters. The zero-order valence-corrected chi connectivity index (χ0v) is 15.4. The highest BCUT2D eigenvalue weighted by molar-refractivity contribution is 6.33. The number of anilines is 1. The average molecular weight is 401 g/mol. The Bertz CT molecular complexity index is 959. The van der Waals surface area contributed by atoms with E-state index in [9.17, 15) is 22.8 Å². The SMILES string of the molecule is O=C1/C(=C/c2ccccc2)C2(CCCCO2)C(=O)N1c1ccc(C(F)(F)F)cc1. The normalized spacial score (nSPS) is 24.0. The second-order valence-corrected chi connectivity index (χ2v) is 7.09. The molecule has 0 aromatic heterocycles. The number of ether oxygens (including phenoxy) is 1. The van der Waals surface area contributed by atoms with Gasteiger partial charge < -0.3 is 4.74 Å². The number of hydrogen-bond donors (Lipinski definition) is 0. The first-order chi connectivity index (χ1) is 13.8. The minimum Gasteiger partial charge on any atom is -0.360 e. The Kier molecular flexibility index (Phi) is 4.78. The van der Waals surface area contributed by atoms with Crippen molar-refractivity contribution in [2.24, 2.45) is 0 Å². The molecule has 2 aliphatic heterocycles. The summed E-state index contributed by atoms with van der Waals surface area (Å²) in [5, 5.41) is 0. The van der Waals surface area contributed by atoms with Gasteiger partial charge in [0, 0.05) is 6.61 Å². The molecule has 2 aliphatic rings. The predicted molar refractivity (Wildman–Crippen MR) is 101 cm³/mol. The fourth-order valence-electron chi connectivity index (χ4n) is 3.79. The molecule has 2 saturated heterocycles. The number of imide groups is 1. The van der Waals surface area contributed by atoms with Gasteiger partial charge in [0.1, 0.15) is 0 Å². The third-order valence-corrected chi connectivity index (χ3v) is 5.25. The molecule has 2 aromatic carbocycles. The van der Waals surface area contributed by atoms with Gasteiger partial charge in [-0.1, -0.05) is 30.3 Å². The van der Waals surface area contributed by atoms with Gasteiger partial charge in [-0.05, 0) is 55.2 Å². The van der Waals surface area contributed by atoms with Crippen LogP contribution in [0.15, 0.2) is 60.2 Å². The van der Waals surface area contributed by atoms with Gasteiger partial charge in [-0.25, -0.2) is 4.90 Å². The van der Waals surface area contributed by atoms with E-state index >= 15 is 0 Å². The minimum absolute atomic E-state index is 0.0954. The summed E-state index contributed by atoms with van der Waals surface area (Å²) in [4.78, 5) is 27.4. The van der Waals surface area contributed by atoms with E-state index in [4.69, 9.17) is 4.74 Å². The Labute approximate surface area is 165 Å². The molecule has 2 amide bonds. The van der Waals surface area contributed by atoms with Crippen LogP contribution in [-0.2, 0) is 20.5 Å². The van der Waals surface area contributed by atoms with Gasteiger partial charge >= 0.3 is 6.18 Å². The molecule has 4 nitrogen and oxygen atoms in total. The highest BCUT2D eigenvalue weighted by Gasteiger charge is 2.57. The van der Waals surface area contributed by atoms with Crippen LogP contribution in [0.5, 0.6) is 0 Å². The van der Waals surface area contributed by atoms with Gasteiger partial charge in [0.15, 0.2) is 5.60 Å². The molecule has 0 saturated carbocycles. The minimum atomic E-state index is -4.50. The van der Waals surface area contributed by atoms with E-state index in [1.54, 1.807) is 6.08 Å². The molecular weight excluding hydrogens is 383 g/mol. The number of nitrogens with zero attached hydrogens (tertiary/aromatic N) is 1. The smallest absolute Gasteiger partial charge is 0.360 e. The van der Waals surface area contributed by atoms with E-state index in [0.717, 1.165) is 41.1 Å². The van der Waals surface area contributed by atoms with E-state index in [2.05, 4.69) is 0 Å². The van der Waals surface area contributed by atoms with Crippen molar-refractivity contribution in [2.45, 2.75) is 31.0 Å². The van der Waals surface area contributed by atoms with Crippen molar-refractivity contribution >= 4 is 23.6 Å². The van der Waals surface area contributed by atoms with Crippen LogP contribution in [0.2, 0.25) is 0 Å². The number of alkyl halides is 3. The molecule has 29 heavy (non-hydrogen) atoms. The largest absolute Gasteiger partial charge is 0.416 e. The lowest BCUT2D eigenvalue weighted by Gasteiger charge is -2.32. The zero-order valence-electron chi connectivity index (χ0n) is 15.4. The molecule has 7 heteroatoms. The van der Waals surface area contributed by atoms with Crippen LogP contribution in [-0.4, -0.2) is 24.0 Å². The summed E-state index contributed by atoms with van der Waals surface area (Å²) < 4.78 is 44.5. The van der Waals surface area contributed by atoms with E-state index < -0.39 is 29.2 Å². The number of hydrogen-bond acceptors (Lipinski definition) is 3. The topological polar surface area (TPSA) is 46.6 Å².